The zero-order valence-electron chi connectivity index (χ0n) is 18.3. The predicted octanol–water partition coefficient (Wildman–Crippen LogP) is 4.61. The lowest BCUT2D eigenvalue weighted by Crippen LogP contribution is -2.42. The van der Waals surface area contributed by atoms with E-state index in [9.17, 15) is 13.7 Å². The summed E-state index contributed by atoms with van der Waals surface area (Å²) in [4.78, 5) is 0. The van der Waals surface area contributed by atoms with E-state index in [1.807, 2.05) is 42.5 Å². The monoisotopic (exact) mass is 448 g/mol. The van der Waals surface area contributed by atoms with Crippen molar-refractivity contribution < 1.29 is 13.2 Å². The molecule has 0 unspecified atom stereocenters. The van der Waals surface area contributed by atoms with E-state index in [0.29, 0.717) is 49.5 Å². The first-order valence-corrected chi connectivity index (χ1v) is 12.9. The molecule has 0 amide bonds. The van der Waals surface area contributed by atoms with Gasteiger partial charge in [0, 0.05) is 5.56 Å². The lowest BCUT2D eigenvalue weighted by Gasteiger charge is -2.40. The minimum atomic E-state index is -3.41. The molecule has 5 nitrogen and oxygen atoms in total. The average molecular weight is 449 g/mol. The largest absolute Gasteiger partial charge is 0.362 e. The van der Waals surface area contributed by atoms with Crippen LogP contribution >= 0.6 is 0 Å². The number of ether oxygens (including phenoxy) is 1. The smallest absolute Gasteiger partial charge is 0.229 e. The van der Waals surface area contributed by atoms with Crippen molar-refractivity contribution in [2.24, 2.45) is 5.92 Å². The molecule has 0 bridgehead atoms. The highest BCUT2D eigenvalue weighted by Gasteiger charge is 2.44. The molecule has 2 aromatic rings. The number of anilines is 1. The molecule has 2 aliphatic carbocycles. The zero-order valence-corrected chi connectivity index (χ0v) is 19.1. The van der Waals surface area contributed by atoms with Crippen LogP contribution < -0.4 is 4.72 Å². The number of para-hydroxylation sites is 1. The zero-order chi connectivity index (χ0) is 22.7. The van der Waals surface area contributed by atoms with E-state index < -0.39 is 21.0 Å². The Hall–Kier alpha value is -2.80. The van der Waals surface area contributed by atoms with Crippen molar-refractivity contribution in [3.05, 3.63) is 65.7 Å². The molecule has 32 heavy (non-hydrogen) atoms. The number of rotatable bonds is 6. The SMILES string of the molecule is CS(=O)(=O)Nc1ccccc1C#CC1(OCC2CC2)CCC(C#N)(c2ccccc2)CC1. The van der Waals surface area contributed by atoms with Gasteiger partial charge in [0.2, 0.25) is 10.0 Å². The van der Waals surface area contributed by atoms with Gasteiger partial charge >= 0.3 is 0 Å². The summed E-state index contributed by atoms with van der Waals surface area (Å²) in [6.45, 7) is 0.683. The van der Waals surface area contributed by atoms with Gasteiger partial charge in [0.1, 0.15) is 5.60 Å². The van der Waals surface area contributed by atoms with Crippen molar-refractivity contribution in [3.63, 3.8) is 0 Å². The average Bonchev–Trinajstić information content (AvgIpc) is 3.62. The van der Waals surface area contributed by atoms with Crippen LogP contribution in [0.1, 0.15) is 49.7 Å². The van der Waals surface area contributed by atoms with Crippen molar-refractivity contribution >= 4 is 15.7 Å². The molecule has 0 saturated heterocycles. The third-order valence-corrected chi connectivity index (χ3v) is 6.98. The highest BCUT2D eigenvalue weighted by atomic mass is 32.2. The Balaban J connectivity index is 1.61. The highest BCUT2D eigenvalue weighted by Crippen LogP contribution is 2.45. The van der Waals surface area contributed by atoms with Crippen LogP contribution in [0.3, 0.4) is 0 Å². The minimum absolute atomic E-state index is 0.464. The standard InChI is InChI=1S/C26H28N2O3S/c1-32(29,30)28-24-10-6-5-7-22(24)13-14-26(31-19-21-11-12-21)17-15-25(20-27,16-18-26)23-8-3-2-4-9-23/h2-10,21,28H,11-12,15-19H2,1H3. The van der Waals surface area contributed by atoms with Gasteiger partial charge in [-0.3, -0.25) is 4.72 Å². The minimum Gasteiger partial charge on any atom is -0.362 e. The number of nitriles is 1. The topological polar surface area (TPSA) is 79.2 Å². The Morgan fingerprint density at radius 1 is 1.03 bits per heavy atom. The molecule has 6 heteroatoms. The van der Waals surface area contributed by atoms with Crippen LogP contribution in [-0.4, -0.2) is 26.9 Å². The molecule has 0 aromatic heterocycles. The maximum atomic E-state index is 11.7. The molecule has 4 rings (SSSR count). The fourth-order valence-electron chi connectivity index (χ4n) is 4.23. The number of sulfonamides is 1. The first-order chi connectivity index (χ1) is 15.3. The third-order valence-electron chi connectivity index (χ3n) is 6.39. The summed E-state index contributed by atoms with van der Waals surface area (Å²) in [6.07, 6.45) is 6.19. The normalized spacial score (nSPS) is 25.2. The Morgan fingerprint density at radius 2 is 1.69 bits per heavy atom. The van der Waals surface area contributed by atoms with Crippen LogP contribution in [0.2, 0.25) is 0 Å². The van der Waals surface area contributed by atoms with Gasteiger partial charge in [0.15, 0.2) is 0 Å². The van der Waals surface area contributed by atoms with E-state index >= 15 is 0 Å². The van der Waals surface area contributed by atoms with Crippen molar-refractivity contribution in [1.82, 2.24) is 0 Å². The Bertz CT molecular complexity index is 1160. The number of nitrogens with one attached hydrogen (secondary N) is 1. The van der Waals surface area contributed by atoms with Gasteiger partial charge < -0.3 is 4.74 Å². The summed E-state index contributed by atoms with van der Waals surface area (Å²) in [5, 5.41) is 10.1. The van der Waals surface area contributed by atoms with Crippen LogP contribution in [0.5, 0.6) is 0 Å². The fourth-order valence-corrected chi connectivity index (χ4v) is 4.81. The second-order valence-corrected chi connectivity index (χ2v) is 10.7. The number of benzene rings is 2. The molecular weight excluding hydrogens is 420 g/mol. The molecule has 1 N–H and O–H groups in total. The van der Waals surface area contributed by atoms with Gasteiger partial charge in [-0.1, -0.05) is 54.3 Å². The number of nitrogens with zero attached hydrogens (tertiary/aromatic N) is 1. The van der Waals surface area contributed by atoms with Crippen molar-refractivity contribution in [2.45, 2.75) is 49.5 Å². The van der Waals surface area contributed by atoms with Gasteiger partial charge in [0.25, 0.3) is 0 Å². The van der Waals surface area contributed by atoms with E-state index in [4.69, 9.17) is 4.74 Å². The van der Waals surface area contributed by atoms with Gasteiger partial charge in [-0.25, -0.2) is 8.42 Å². The molecular formula is C26H28N2O3S. The second-order valence-electron chi connectivity index (χ2n) is 8.98. The van der Waals surface area contributed by atoms with E-state index in [0.717, 1.165) is 11.8 Å². The van der Waals surface area contributed by atoms with E-state index in [1.54, 1.807) is 12.1 Å². The quantitative estimate of drug-likeness (QED) is 0.655. The van der Waals surface area contributed by atoms with Gasteiger partial charge in [0.05, 0.1) is 30.0 Å². The van der Waals surface area contributed by atoms with Crippen LogP contribution in [0.25, 0.3) is 0 Å². The molecule has 2 fully saturated rings. The van der Waals surface area contributed by atoms with Gasteiger partial charge in [-0.15, -0.1) is 0 Å². The van der Waals surface area contributed by atoms with E-state index in [-0.39, 0.29) is 0 Å². The number of hydrogen-bond acceptors (Lipinski definition) is 4. The summed E-state index contributed by atoms with van der Waals surface area (Å²) in [7, 11) is -3.41. The maximum absolute atomic E-state index is 11.7. The van der Waals surface area contributed by atoms with Crippen LogP contribution in [-0.2, 0) is 20.2 Å². The van der Waals surface area contributed by atoms with Crippen LogP contribution in [0.4, 0.5) is 5.69 Å². The summed E-state index contributed by atoms with van der Waals surface area (Å²) < 4.78 is 32.4. The Morgan fingerprint density at radius 3 is 2.31 bits per heavy atom. The van der Waals surface area contributed by atoms with Crippen molar-refractivity contribution in [2.75, 3.05) is 17.6 Å². The Labute approximate surface area is 190 Å². The van der Waals surface area contributed by atoms with E-state index in [1.165, 1.54) is 12.8 Å². The van der Waals surface area contributed by atoms with Crippen molar-refractivity contribution in [3.8, 4) is 17.9 Å². The molecule has 2 aliphatic rings. The van der Waals surface area contributed by atoms with E-state index in [2.05, 4.69) is 22.6 Å². The lowest BCUT2D eigenvalue weighted by molar-refractivity contribution is -0.0396. The van der Waals surface area contributed by atoms with Gasteiger partial charge in [-0.05, 0) is 62.1 Å². The molecule has 166 valence electrons. The molecule has 0 spiro atoms. The van der Waals surface area contributed by atoms with Crippen LogP contribution in [0, 0.1) is 29.1 Å². The predicted molar refractivity (Wildman–Crippen MR) is 125 cm³/mol. The first-order valence-electron chi connectivity index (χ1n) is 11.0. The summed E-state index contributed by atoms with van der Waals surface area (Å²) in [6, 6.07) is 19.7. The molecule has 2 aromatic carbocycles. The Kier molecular flexibility index (Phi) is 6.29. The summed E-state index contributed by atoms with van der Waals surface area (Å²) in [5.74, 6) is 7.15. The molecule has 0 radical (unpaired) electrons. The fraction of sp³-hybridized carbons (Fsp3) is 0.423. The summed E-state index contributed by atoms with van der Waals surface area (Å²) >= 11 is 0. The number of hydrogen-bond donors (Lipinski definition) is 1. The third kappa shape index (κ3) is 5.33. The maximum Gasteiger partial charge on any atom is 0.229 e. The summed E-state index contributed by atoms with van der Waals surface area (Å²) in [5.41, 5.74) is 0.980. The van der Waals surface area contributed by atoms with Crippen molar-refractivity contribution in [1.29, 1.82) is 5.26 Å². The molecule has 2 saturated carbocycles. The van der Waals surface area contributed by atoms with Gasteiger partial charge in [-0.2, -0.15) is 5.26 Å². The lowest BCUT2D eigenvalue weighted by atomic mass is 9.66. The second kappa shape index (κ2) is 8.98. The highest BCUT2D eigenvalue weighted by molar-refractivity contribution is 7.92. The first kappa shape index (κ1) is 22.4. The molecule has 0 atom stereocenters. The molecule has 0 aliphatic heterocycles. The molecule has 0 heterocycles. The van der Waals surface area contributed by atoms with Crippen LogP contribution in [0.15, 0.2) is 54.6 Å².